The van der Waals surface area contributed by atoms with Crippen LogP contribution in [0.1, 0.15) is 11.5 Å². The van der Waals surface area contributed by atoms with Crippen LogP contribution in [-0.2, 0) is 0 Å². The Morgan fingerprint density at radius 1 is 1.31 bits per heavy atom. The maximum absolute atomic E-state index is 5.68. The van der Waals surface area contributed by atoms with E-state index in [9.17, 15) is 0 Å². The summed E-state index contributed by atoms with van der Waals surface area (Å²) < 4.78 is 0. The van der Waals surface area contributed by atoms with Crippen molar-refractivity contribution < 1.29 is 0 Å². The molecule has 2 aliphatic heterocycles. The number of hydrogen-bond acceptors (Lipinski definition) is 3. The van der Waals surface area contributed by atoms with E-state index in [-0.39, 0.29) is 0 Å². The molecule has 0 amide bonds. The molecule has 0 aromatic heterocycles. The van der Waals surface area contributed by atoms with Crippen LogP contribution in [0.25, 0.3) is 0 Å². The van der Waals surface area contributed by atoms with Gasteiger partial charge < -0.3 is 10.6 Å². The number of fused-ring (bicyclic) bond motifs is 3. The third-order valence-electron chi connectivity index (χ3n) is 3.32. The Labute approximate surface area is 95.3 Å². The minimum absolute atomic E-state index is 0.353. The van der Waals surface area contributed by atoms with Crippen LogP contribution in [0.5, 0.6) is 0 Å². The number of nitrogens with zero attached hydrogens (tertiary/aromatic N) is 2. The second kappa shape index (κ2) is 3.76. The molecule has 16 heavy (non-hydrogen) atoms. The van der Waals surface area contributed by atoms with Crippen molar-refractivity contribution in [2.24, 2.45) is 10.7 Å². The molecule has 2 N–H and O–H groups in total. The van der Waals surface area contributed by atoms with E-state index in [1.807, 2.05) is 12.4 Å². The maximum Gasteiger partial charge on any atom is 0.0749 e. The molecule has 2 unspecified atom stereocenters. The number of nitrogens with two attached hydrogens (primary N) is 1. The lowest BCUT2D eigenvalue weighted by Crippen LogP contribution is -2.39. The van der Waals surface area contributed by atoms with E-state index in [1.54, 1.807) is 0 Å². The molecule has 0 spiro atoms. The standard InChI is InChI=1S/C13H15N3/c14-6-8-16-12-4-2-1-3-10(12)11-5-7-15-9-13(11)16/h1-5,7,9,11,13H,6,8,14H2. The molecule has 3 heteroatoms. The minimum atomic E-state index is 0.353. The van der Waals surface area contributed by atoms with Gasteiger partial charge in [-0.3, -0.25) is 4.99 Å². The van der Waals surface area contributed by atoms with Gasteiger partial charge in [-0.05, 0) is 11.6 Å². The molecule has 0 bridgehead atoms. The average molecular weight is 213 g/mol. The van der Waals surface area contributed by atoms with Crippen LogP contribution in [-0.4, -0.2) is 25.3 Å². The Morgan fingerprint density at radius 3 is 3.06 bits per heavy atom. The summed E-state index contributed by atoms with van der Waals surface area (Å²) >= 11 is 0. The van der Waals surface area contributed by atoms with E-state index >= 15 is 0 Å². The molecule has 2 heterocycles. The number of anilines is 1. The van der Waals surface area contributed by atoms with Crippen molar-refractivity contribution >= 4 is 11.9 Å². The van der Waals surface area contributed by atoms with Gasteiger partial charge in [0.05, 0.1) is 6.04 Å². The summed E-state index contributed by atoms with van der Waals surface area (Å²) in [7, 11) is 0. The zero-order chi connectivity index (χ0) is 11.0. The smallest absolute Gasteiger partial charge is 0.0749 e. The minimum Gasteiger partial charge on any atom is -0.361 e. The third-order valence-corrected chi connectivity index (χ3v) is 3.32. The quantitative estimate of drug-likeness (QED) is 0.809. The molecule has 3 nitrogen and oxygen atoms in total. The topological polar surface area (TPSA) is 41.6 Å². The molecule has 1 aromatic carbocycles. The van der Waals surface area contributed by atoms with Gasteiger partial charge in [0.2, 0.25) is 0 Å². The first kappa shape index (κ1) is 9.60. The van der Waals surface area contributed by atoms with Gasteiger partial charge in [0.15, 0.2) is 0 Å². The first-order valence-electron chi connectivity index (χ1n) is 5.67. The number of hydrogen-bond donors (Lipinski definition) is 1. The summed E-state index contributed by atoms with van der Waals surface area (Å²) in [6, 6.07) is 8.91. The number of benzene rings is 1. The highest BCUT2D eigenvalue weighted by molar-refractivity contribution is 5.81. The Hall–Kier alpha value is -1.61. The van der Waals surface area contributed by atoms with Gasteiger partial charge in [-0.1, -0.05) is 24.3 Å². The average Bonchev–Trinajstić information content (AvgIpc) is 2.66. The van der Waals surface area contributed by atoms with Crippen molar-refractivity contribution in [2.75, 3.05) is 18.0 Å². The summed E-state index contributed by atoms with van der Waals surface area (Å²) in [6.07, 6.45) is 6.10. The molecule has 82 valence electrons. The molecule has 2 atom stereocenters. The second-order valence-electron chi connectivity index (χ2n) is 4.20. The molecular weight excluding hydrogens is 198 g/mol. The Kier molecular flexibility index (Phi) is 2.26. The molecule has 1 aromatic rings. The van der Waals surface area contributed by atoms with E-state index in [0.717, 1.165) is 6.54 Å². The molecule has 3 rings (SSSR count). The predicted molar refractivity (Wildman–Crippen MR) is 67.0 cm³/mol. The van der Waals surface area contributed by atoms with Crippen LogP contribution >= 0.6 is 0 Å². The number of para-hydroxylation sites is 1. The third kappa shape index (κ3) is 1.28. The second-order valence-corrected chi connectivity index (χ2v) is 4.20. The van der Waals surface area contributed by atoms with Crippen molar-refractivity contribution in [3.63, 3.8) is 0 Å². The summed E-state index contributed by atoms with van der Waals surface area (Å²) in [5.41, 5.74) is 8.38. The zero-order valence-corrected chi connectivity index (χ0v) is 9.08. The van der Waals surface area contributed by atoms with Crippen LogP contribution in [0.2, 0.25) is 0 Å². The van der Waals surface area contributed by atoms with Gasteiger partial charge in [0.25, 0.3) is 0 Å². The van der Waals surface area contributed by atoms with Crippen molar-refractivity contribution in [2.45, 2.75) is 12.0 Å². The van der Waals surface area contributed by atoms with Gasteiger partial charge >= 0.3 is 0 Å². The van der Waals surface area contributed by atoms with E-state index in [0.29, 0.717) is 18.5 Å². The first-order valence-corrected chi connectivity index (χ1v) is 5.67. The molecule has 0 fully saturated rings. The van der Waals surface area contributed by atoms with E-state index < -0.39 is 0 Å². The highest BCUT2D eigenvalue weighted by Gasteiger charge is 2.36. The lowest BCUT2D eigenvalue weighted by molar-refractivity contribution is 0.708. The van der Waals surface area contributed by atoms with E-state index in [2.05, 4.69) is 40.2 Å². The van der Waals surface area contributed by atoms with Crippen LogP contribution in [0, 0.1) is 0 Å². The lowest BCUT2D eigenvalue weighted by Gasteiger charge is -2.27. The Balaban J connectivity index is 2.07. The van der Waals surface area contributed by atoms with Crippen LogP contribution in [0.4, 0.5) is 5.69 Å². The Morgan fingerprint density at radius 2 is 2.19 bits per heavy atom. The van der Waals surface area contributed by atoms with Gasteiger partial charge in [-0.15, -0.1) is 0 Å². The highest BCUT2D eigenvalue weighted by atomic mass is 15.2. The number of aliphatic imine (C=N–C) groups is 1. The summed E-state index contributed by atoms with van der Waals surface area (Å²) in [6.45, 7) is 1.56. The van der Waals surface area contributed by atoms with E-state index in [4.69, 9.17) is 5.73 Å². The molecule has 0 saturated heterocycles. The van der Waals surface area contributed by atoms with Gasteiger partial charge in [0, 0.05) is 37.1 Å². The molecule has 0 saturated carbocycles. The van der Waals surface area contributed by atoms with Gasteiger partial charge in [-0.2, -0.15) is 0 Å². The lowest BCUT2D eigenvalue weighted by atomic mass is 9.94. The maximum atomic E-state index is 5.68. The molecule has 0 aliphatic carbocycles. The monoisotopic (exact) mass is 213 g/mol. The predicted octanol–water partition coefficient (Wildman–Crippen LogP) is 1.52. The number of rotatable bonds is 2. The van der Waals surface area contributed by atoms with Gasteiger partial charge in [-0.25, -0.2) is 0 Å². The fraction of sp³-hybridized carbons (Fsp3) is 0.308. The van der Waals surface area contributed by atoms with Crippen molar-refractivity contribution in [3.8, 4) is 0 Å². The summed E-state index contributed by atoms with van der Waals surface area (Å²) in [5, 5.41) is 0. The zero-order valence-electron chi connectivity index (χ0n) is 9.08. The van der Waals surface area contributed by atoms with Crippen LogP contribution in [0.15, 0.2) is 41.5 Å². The highest BCUT2D eigenvalue weighted by Crippen LogP contribution is 2.41. The normalized spacial score (nSPS) is 25.7. The van der Waals surface area contributed by atoms with Crippen molar-refractivity contribution in [1.29, 1.82) is 0 Å². The van der Waals surface area contributed by atoms with Crippen LogP contribution < -0.4 is 10.6 Å². The van der Waals surface area contributed by atoms with Gasteiger partial charge in [0.1, 0.15) is 0 Å². The fourth-order valence-electron chi connectivity index (χ4n) is 2.65. The molecule has 0 radical (unpaired) electrons. The van der Waals surface area contributed by atoms with Crippen molar-refractivity contribution in [3.05, 3.63) is 42.1 Å². The largest absolute Gasteiger partial charge is 0.361 e. The van der Waals surface area contributed by atoms with Crippen LogP contribution in [0.3, 0.4) is 0 Å². The molecular formula is C13H15N3. The fourth-order valence-corrected chi connectivity index (χ4v) is 2.65. The molecule has 2 aliphatic rings. The first-order chi connectivity index (χ1) is 7.92. The van der Waals surface area contributed by atoms with E-state index in [1.165, 1.54) is 11.3 Å². The van der Waals surface area contributed by atoms with Crippen molar-refractivity contribution in [1.82, 2.24) is 0 Å². The summed E-state index contributed by atoms with van der Waals surface area (Å²) in [5.74, 6) is 0.445. The SMILES string of the molecule is NCCN1c2ccccc2C2C=CN=CC21. The summed E-state index contributed by atoms with van der Waals surface area (Å²) in [4.78, 5) is 6.60. The Bertz CT molecular complexity index is 450.